The van der Waals surface area contributed by atoms with Gasteiger partial charge in [-0.2, -0.15) is 0 Å². The summed E-state index contributed by atoms with van der Waals surface area (Å²) in [4.78, 5) is 15.4. The fourth-order valence-corrected chi connectivity index (χ4v) is 4.05. The van der Waals surface area contributed by atoms with E-state index in [4.69, 9.17) is 4.42 Å². The average Bonchev–Trinajstić information content (AvgIpc) is 2.81. The molecule has 2 aromatic rings. The van der Waals surface area contributed by atoms with Crippen LogP contribution in [0.15, 0.2) is 16.5 Å². The van der Waals surface area contributed by atoms with Crippen molar-refractivity contribution in [2.75, 3.05) is 13.1 Å². The van der Waals surface area contributed by atoms with Crippen LogP contribution < -0.4 is 0 Å². The molecule has 22 heavy (non-hydrogen) atoms. The van der Waals surface area contributed by atoms with Crippen molar-refractivity contribution in [2.24, 2.45) is 0 Å². The molecule has 0 N–H and O–H groups in total. The molecule has 1 aromatic heterocycles. The standard InChI is InChI=1S/C19H23NO2/c1-12-13(2)22-18-10-14-6-7-17(20-8-4-3-5-9-20)19(21)16(14)11-15(12)18/h10-11,17H,3-9H2,1-2H3. The van der Waals surface area contributed by atoms with Gasteiger partial charge in [0.1, 0.15) is 11.3 Å². The van der Waals surface area contributed by atoms with Crippen molar-refractivity contribution in [3.8, 4) is 0 Å². The predicted octanol–water partition coefficient (Wildman–Crippen LogP) is 4.03. The number of furan rings is 1. The zero-order valence-corrected chi connectivity index (χ0v) is 13.4. The van der Waals surface area contributed by atoms with Crippen LogP contribution in [0.3, 0.4) is 0 Å². The molecular formula is C19H23NO2. The van der Waals surface area contributed by atoms with Gasteiger partial charge >= 0.3 is 0 Å². The van der Waals surface area contributed by atoms with Crippen LogP contribution in [0.1, 0.15) is 52.9 Å². The third kappa shape index (κ3) is 2.11. The molecule has 1 aliphatic carbocycles. The molecule has 0 radical (unpaired) electrons. The van der Waals surface area contributed by atoms with E-state index in [9.17, 15) is 4.79 Å². The first-order chi connectivity index (χ1) is 10.6. The number of nitrogens with zero attached hydrogens (tertiary/aromatic N) is 1. The summed E-state index contributed by atoms with van der Waals surface area (Å²) < 4.78 is 5.82. The number of carbonyl (C=O) groups excluding carboxylic acids is 1. The lowest BCUT2D eigenvalue weighted by Crippen LogP contribution is -2.46. The molecule has 1 saturated heterocycles. The Hall–Kier alpha value is -1.61. The van der Waals surface area contributed by atoms with Crippen LogP contribution in [0.5, 0.6) is 0 Å². The van der Waals surface area contributed by atoms with Gasteiger partial charge in [-0.15, -0.1) is 0 Å². The van der Waals surface area contributed by atoms with E-state index in [0.717, 1.165) is 53.8 Å². The number of carbonyl (C=O) groups is 1. The molecule has 1 aromatic carbocycles. The van der Waals surface area contributed by atoms with Gasteiger partial charge in [-0.25, -0.2) is 0 Å². The average molecular weight is 297 g/mol. The summed E-state index contributed by atoms with van der Waals surface area (Å²) in [6.45, 7) is 6.23. The molecule has 0 saturated carbocycles. The molecule has 0 bridgehead atoms. The number of Topliss-reactive ketones (excluding diaryl/α,β-unsaturated/α-hetero) is 1. The molecule has 1 aliphatic heterocycles. The first kappa shape index (κ1) is 14.0. The van der Waals surface area contributed by atoms with Crippen LogP contribution in [-0.4, -0.2) is 29.8 Å². The molecule has 0 spiro atoms. The lowest BCUT2D eigenvalue weighted by atomic mass is 9.84. The Balaban J connectivity index is 1.74. The Morgan fingerprint density at radius 2 is 1.91 bits per heavy atom. The fourth-order valence-electron chi connectivity index (χ4n) is 4.05. The van der Waals surface area contributed by atoms with Crippen LogP contribution >= 0.6 is 0 Å². The van der Waals surface area contributed by atoms with Crippen LogP contribution in [-0.2, 0) is 6.42 Å². The number of hydrogen-bond acceptors (Lipinski definition) is 3. The molecule has 3 nitrogen and oxygen atoms in total. The molecule has 2 heterocycles. The van der Waals surface area contributed by atoms with Gasteiger partial charge in [0.15, 0.2) is 5.78 Å². The van der Waals surface area contributed by atoms with Crippen LogP contribution in [0, 0.1) is 13.8 Å². The number of piperidine rings is 1. The highest BCUT2D eigenvalue weighted by Crippen LogP contribution is 2.33. The number of fused-ring (bicyclic) bond motifs is 2. The smallest absolute Gasteiger partial charge is 0.180 e. The highest BCUT2D eigenvalue weighted by atomic mass is 16.3. The van der Waals surface area contributed by atoms with Crippen molar-refractivity contribution in [3.05, 3.63) is 34.6 Å². The second kappa shape index (κ2) is 5.24. The fraction of sp³-hybridized carbons (Fsp3) is 0.526. The lowest BCUT2D eigenvalue weighted by molar-refractivity contribution is 0.0753. The number of ketones is 1. The third-order valence-electron chi connectivity index (χ3n) is 5.49. The summed E-state index contributed by atoms with van der Waals surface area (Å²) >= 11 is 0. The van der Waals surface area contributed by atoms with E-state index in [0.29, 0.717) is 5.78 Å². The zero-order valence-electron chi connectivity index (χ0n) is 13.4. The van der Waals surface area contributed by atoms with Crippen molar-refractivity contribution < 1.29 is 9.21 Å². The minimum Gasteiger partial charge on any atom is -0.461 e. The minimum atomic E-state index is 0.0959. The molecule has 1 unspecified atom stereocenters. The van der Waals surface area contributed by atoms with E-state index >= 15 is 0 Å². The SMILES string of the molecule is Cc1oc2cc3c(cc2c1C)C(=O)C(N1CCCCC1)CC3. The number of likely N-dealkylation sites (tertiary alicyclic amines) is 1. The van der Waals surface area contributed by atoms with Crippen LogP contribution in [0.25, 0.3) is 11.0 Å². The lowest BCUT2D eigenvalue weighted by Gasteiger charge is -2.36. The van der Waals surface area contributed by atoms with E-state index in [-0.39, 0.29) is 6.04 Å². The van der Waals surface area contributed by atoms with Gasteiger partial charge in [0.2, 0.25) is 0 Å². The van der Waals surface area contributed by atoms with E-state index < -0.39 is 0 Å². The summed E-state index contributed by atoms with van der Waals surface area (Å²) in [5.74, 6) is 1.28. The Bertz CT molecular complexity index is 737. The first-order valence-electron chi connectivity index (χ1n) is 8.46. The van der Waals surface area contributed by atoms with E-state index in [1.54, 1.807) is 0 Å². The van der Waals surface area contributed by atoms with E-state index in [1.807, 2.05) is 6.92 Å². The molecule has 3 heteroatoms. The van der Waals surface area contributed by atoms with Crippen molar-refractivity contribution in [1.82, 2.24) is 4.90 Å². The first-order valence-corrected chi connectivity index (χ1v) is 8.46. The van der Waals surface area contributed by atoms with Crippen molar-refractivity contribution in [3.63, 3.8) is 0 Å². The monoisotopic (exact) mass is 297 g/mol. The van der Waals surface area contributed by atoms with Gasteiger partial charge in [-0.3, -0.25) is 9.69 Å². The van der Waals surface area contributed by atoms with Crippen molar-refractivity contribution >= 4 is 16.8 Å². The topological polar surface area (TPSA) is 33.5 Å². The second-order valence-electron chi connectivity index (χ2n) is 6.80. The second-order valence-corrected chi connectivity index (χ2v) is 6.80. The van der Waals surface area contributed by atoms with Gasteiger partial charge in [-0.05, 0) is 75.9 Å². The quantitative estimate of drug-likeness (QED) is 0.796. The van der Waals surface area contributed by atoms with Crippen molar-refractivity contribution in [1.29, 1.82) is 0 Å². The van der Waals surface area contributed by atoms with Gasteiger partial charge in [0, 0.05) is 10.9 Å². The molecule has 116 valence electrons. The summed E-state index contributed by atoms with van der Waals surface area (Å²) in [6.07, 6.45) is 5.71. The van der Waals surface area contributed by atoms with Gasteiger partial charge in [0.05, 0.1) is 6.04 Å². The summed E-state index contributed by atoms with van der Waals surface area (Å²) in [5, 5.41) is 1.10. The number of aryl methyl sites for hydroxylation is 3. The maximum absolute atomic E-state index is 13.0. The molecule has 1 fully saturated rings. The predicted molar refractivity (Wildman–Crippen MR) is 87.6 cm³/mol. The third-order valence-corrected chi connectivity index (χ3v) is 5.49. The Kier molecular flexibility index (Phi) is 3.33. The Labute approximate surface area is 131 Å². The highest BCUT2D eigenvalue weighted by molar-refractivity contribution is 6.05. The van der Waals surface area contributed by atoms with Gasteiger partial charge in [0.25, 0.3) is 0 Å². The van der Waals surface area contributed by atoms with Crippen LogP contribution in [0.2, 0.25) is 0 Å². The van der Waals surface area contributed by atoms with E-state index in [1.165, 1.54) is 24.8 Å². The van der Waals surface area contributed by atoms with Gasteiger partial charge < -0.3 is 4.42 Å². The largest absolute Gasteiger partial charge is 0.461 e. The normalized spacial score (nSPS) is 23.0. The highest BCUT2D eigenvalue weighted by Gasteiger charge is 2.33. The zero-order chi connectivity index (χ0) is 15.3. The Morgan fingerprint density at radius 1 is 1.14 bits per heavy atom. The molecule has 2 aliphatic rings. The number of rotatable bonds is 1. The van der Waals surface area contributed by atoms with Crippen molar-refractivity contribution in [2.45, 2.75) is 52.0 Å². The number of benzene rings is 1. The summed E-state index contributed by atoms with van der Waals surface area (Å²) in [5.41, 5.74) is 4.18. The Morgan fingerprint density at radius 3 is 2.68 bits per heavy atom. The minimum absolute atomic E-state index is 0.0959. The molecule has 1 atom stereocenters. The molecule has 0 amide bonds. The van der Waals surface area contributed by atoms with E-state index in [2.05, 4.69) is 24.0 Å². The maximum Gasteiger partial charge on any atom is 0.180 e. The maximum atomic E-state index is 13.0. The summed E-state index contributed by atoms with van der Waals surface area (Å²) in [6, 6.07) is 4.27. The summed E-state index contributed by atoms with van der Waals surface area (Å²) in [7, 11) is 0. The molecule has 4 rings (SSSR count). The van der Waals surface area contributed by atoms with Gasteiger partial charge in [-0.1, -0.05) is 6.42 Å². The number of hydrogen-bond donors (Lipinski definition) is 0. The van der Waals surface area contributed by atoms with Crippen LogP contribution in [0.4, 0.5) is 0 Å². The molecular weight excluding hydrogens is 274 g/mol.